The van der Waals surface area contributed by atoms with Crippen molar-refractivity contribution in [3.63, 3.8) is 0 Å². The van der Waals surface area contributed by atoms with Crippen LogP contribution in [0.5, 0.6) is 5.75 Å². The van der Waals surface area contributed by atoms with Crippen LogP contribution in [0, 0.1) is 5.82 Å². The molecule has 1 aromatic heterocycles. The van der Waals surface area contributed by atoms with Gasteiger partial charge in [-0.2, -0.15) is 11.3 Å². The summed E-state index contributed by atoms with van der Waals surface area (Å²) in [5.41, 5.74) is 1.32. The molecule has 1 aliphatic heterocycles. The highest BCUT2D eigenvalue weighted by Gasteiger charge is 2.26. The summed E-state index contributed by atoms with van der Waals surface area (Å²) < 4.78 is 18.8. The number of nitrogens with zero attached hydrogens (tertiary/aromatic N) is 1. The second kappa shape index (κ2) is 7.22. The van der Waals surface area contributed by atoms with Gasteiger partial charge in [-0.15, -0.1) is 0 Å². The highest BCUT2D eigenvalue weighted by atomic mass is 32.1. The number of aliphatic hydroxyl groups is 1. The first kappa shape index (κ1) is 15.5. The van der Waals surface area contributed by atoms with Gasteiger partial charge in [0.1, 0.15) is 17.7 Å². The standard InChI is InChI=1S/C17H20FNO2S/c18-14-1-3-15(4-2-14)21-17-6-9-19(8-5-16(17)20)11-13-7-10-22-12-13/h1-4,7,10,12,16-17,20H,5-6,8-9,11H2/t16-,17-/m0/s1. The lowest BCUT2D eigenvalue weighted by atomic mass is 10.1. The maximum atomic E-state index is 12.9. The van der Waals surface area contributed by atoms with Gasteiger partial charge in [0.25, 0.3) is 0 Å². The van der Waals surface area contributed by atoms with Gasteiger partial charge in [0, 0.05) is 19.6 Å². The molecule has 0 aliphatic carbocycles. The normalized spacial score (nSPS) is 23.2. The summed E-state index contributed by atoms with van der Waals surface area (Å²) in [6.07, 6.45) is 0.731. The second-order valence-corrected chi connectivity index (χ2v) is 6.44. The van der Waals surface area contributed by atoms with Gasteiger partial charge in [-0.05, 0) is 59.5 Å². The van der Waals surface area contributed by atoms with Crippen LogP contribution in [0.1, 0.15) is 18.4 Å². The SMILES string of the molecule is O[C@H]1CCN(Cc2ccsc2)CC[C@@H]1Oc1ccc(F)cc1. The zero-order valence-electron chi connectivity index (χ0n) is 12.3. The van der Waals surface area contributed by atoms with E-state index in [4.69, 9.17) is 4.74 Å². The quantitative estimate of drug-likeness (QED) is 0.938. The van der Waals surface area contributed by atoms with Gasteiger partial charge in [-0.25, -0.2) is 4.39 Å². The summed E-state index contributed by atoms with van der Waals surface area (Å²) in [6.45, 7) is 2.67. The Hall–Kier alpha value is -1.43. The highest BCUT2D eigenvalue weighted by molar-refractivity contribution is 7.07. The van der Waals surface area contributed by atoms with Crippen molar-refractivity contribution in [1.82, 2.24) is 4.90 Å². The average Bonchev–Trinajstić information content (AvgIpc) is 2.97. The molecule has 0 radical (unpaired) electrons. The van der Waals surface area contributed by atoms with Crippen LogP contribution in [0.15, 0.2) is 41.1 Å². The third kappa shape index (κ3) is 4.06. The number of halogens is 1. The maximum absolute atomic E-state index is 12.9. The Morgan fingerprint density at radius 2 is 1.95 bits per heavy atom. The molecule has 0 unspecified atom stereocenters. The Morgan fingerprint density at radius 3 is 2.68 bits per heavy atom. The van der Waals surface area contributed by atoms with Crippen molar-refractivity contribution in [2.75, 3.05) is 13.1 Å². The molecule has 1 fully saturated rings. The van der Waals surface area contributed by atoms with Crippen molar-refractivity contribution >= 4 is 11.3 Å². The topological polar surface area (TPSA) is 32.7 Å². The fourth-order valence-corrected chi connectivity index (χ4v) is 3.40. The predicted molar refractivity (Wildman–Crippen MR) is 85.7 cm³/mol. The van der Waals surface area contributed by atoms with Gasteiger partial charge in [0.05, 0.1) is 6.10 Å². The van der Waals surface area contributed by atoms with E-state index in [1.165, 1.54) is 17.7 Å². The fraction of sp³-hybridized carbons (Fsp3) is 0.412. The summed E-state index contributed by atoms with van der Waals surface area (Å²) in [5, 5.41) is 14.5. The first-order valence-corrected chi connectivity index (χ1v) is 8.49. The molecule has 22 heavy (non-hydrogen) atoms. The third-order valence-corrected chi connectivity index (χ3v) is 4.72. The van der Waals surface area contributed by atoms with E-state index in [0.717, 1.165) is 26.1 Å². The molecule has 0 spiro atoms. The fourth-order valence-electron chi connectivity index (χ4n) is 2.74. The minimum Gasteiger partial charge on any atom is -0.488 e. The van der Waals surface area contributed by atoms with Crippen LogP contribution in [0.4, 0.5) is 4.39 Å². The molecule has 2 aromatic rings. The van der Waals surface area contributed by atoms with Crippen molar-refractivity contribution in [2.45, 2.75) is 31.6 Å². The van der Waals surface area contributed by atoms with Gasteiger partial charge in [0.15, 0.2) is 0 Å². The van der Waals surface area contributed by atoms with Crippen molar-refractivity contribution in [3.8, 4) is 5.75 Å². The Balaban J connectivity index is 1.58. The van der Waals surface area contributed by atoms with E-state index in [1.54, 1.807) is 23.5 Å². The van der Waals surface area contributed by atoms with E-state index >= 15 is 0 Å². The maximum Gasteiger partial charge on any atom is 0.126 e. The number of hydrogen-bond acceptors (Lipinski definition) is 4. The molecule has 2 atom stereocenters. The van der Waals surface area contributed by atoms with Gasteiger partial charge >= 0.3 is 0 Å². The van der Waals surface area contributed by atoms with Crippen molar-refractivity contribution in [1.29, 1.82) is 0 Å². The minimum atomic E-state index is -0.488. The average molecular weight is 321 g/mol. The Kier molecular flexibility index (Phi) is 5.08. The zero-order chi connectivity index (χ0) is 15.4. The molecule has 118 valence electrons. The van der Waals surface area contributed by atoms with Gasteiger partial charge in [-0.3, -0.25) is 4.90 Å². The molecule has 5 heteroatoms. The van der Waals surface area contributed by atoms with Crippen LogP contribution in [-0.4, -0.2) is 35.3 Å². The summed E-state index contributed by atoms with van der Waals surface area (Å²) in [6, 6.07) is 8.10. The molecule has 3 nitrogen and oxygen atoms in total. The minimum absolute atomic E-state index is 0.238. The molecular formula is C17H20FNO2S. The highest BCUT2D eigenvalue weighted by Crippen LogP contribution is 2.21. The van der Waals surface area contributed by atoms with E-state index in [0.29, 0.717) is 12.2 Å². The lowest BCUT2D eigenvalue weighted by Crippen LogP contribution is -2.31. The van der Waals surface area contributed by atoms with E-state index in [1.807, 2.05) is 0 Å². The second-order valence-electron chi connectivity index (χ2n) is 5.66. The number of rotatable bonds is 4. The third-order valence-electron chi connectivity index (χ3n) is 3.99. The van der Waals surface area contributed by atoms with E-state index in [-0.39, 0.29) is 11.9 Å². The number of hydrogen-bond donors (Lipinski definition) is 1. The lowest BCUT2D eigenvalue weighted by molar-refractivity contribution is 0.0349. The first-order valence-electron chi connectivity index (χ1n) is 7.54. The van der Waals surface area contributed by atoms with E-state index in [2.05, 4.69) is 21.7 Å². The number of ether oxygens (including phenoxy) is 1. The lowest BCUT2D eigenvalue weighted by Gasteiger charge is -2.21. The van der Waals surface area contributed by atoms with Crippen LogP contribution < -0.4 is 4.74 Å². The summed E-state index contributed by atoms with van der Waals surface area (Å²) in [4.78, 5) is 2.35. The molecule has 0 saturated carbocycles. The van der Waals surface area contributed by atoms with Crippen LogP contribution in [0.2, 0.25) is 0 Å². The van der Waals surface area contributed by atoms with Gasteiger partial charge in [0.2, 0.25) is 0 Å². The summed E-state index contributed by atoms with van der Waals surface area (Å²) in [7, 11) is 0. The number of benzene rings is 1. The molecular weight excluding hydrogens is 301 g/mol. The monoisotopic (exact) mass is 321 g/mol. The summed E-state index contributed by atoms with van der Waals surface area (Å²) in [5.74, 6) is 0.326. The Morgan fingerprint density at radius 1 is 1.18 bits per heavy atom. The van der Waals surface area contributed by atoms with Crippen LogP contribution in [-0.2, 0) is 6.54 Å². The van der Waals surface area contributed by atoms with Crippen molar-refractivity contribution in [3.05, 3.63) is 52.5 Å². The molecule has 1 saturated heterocycles. The van der Waals surface area contributed by atoms with E-state index in [9.17, 15) is 9.50 Å². The molecule has 0 amide bonds. The van der Waals surface area contributed by atoms with Gasteiger partial charge in [-0.1, -0.05) is 0 Å². The summed E-state index contributed by atoms with van der Waals surface area (Å²) >= 11 is 1.71. The molecule has 3 rings (SSSR count). The Labute approximate surface area is 134 Å². The van der Waals surface area contributed by atoms with Crippen LogP contribution in [0.3, 0.4) is 0 Å². The number of aliphatic hydroxyl groups excluding tert-OH is 1. The molecule has 2 heterocycles. The Bertz CT molecular complexity index is 573. The van der Waals surface area contributed by atoms with Crippen LogP contribution in [0.25, 0.3) is 0 Å². The zero-order valence-corrected chi connectivity index (χ0v) is 13.1. The first-order chi connectivity index (χ1) is 10.7. The van der Waals surface area contributed by atoms with Gasteiger partial charge < -0.3 is 9.84 Å². The van der Waals surface area contributed by atoms with E-state index < -0.39 is 6.10 Å². The number of thiophene rings is 1. The van der Waals surface area contributed by atoms with Crippen molar-refractivity contribution < 1.29 is 14.2 Å². The molecule has 1 N–H and O–H groups in total. The molecule has 0 bridgehead atoms. The van der Waals surface area contributed by atoms with Crippen LogP contribution >= 0.6 is 11.3 Å². The molecule has 1 aliphatic rings. The predicted octanol–water partition coefficient (Wildman–Crippen LogP) is 3.29. The largest absolute Gasteiger partial charge is 0.488 e. The smallest absolute Gasteiger partial charge is 0.126 e. The number of likely N-dealkylation sites (tertiary alicyclic amines) is 1. The van der Waals surface area contributed by atoms with Crippen molar-refractivity contribution in [2.24, 2.45) is 0 Å². The molecule has 1 aromatic carbocycles.